The van der Waals surface area contributed by atoms with Crippen molar-refractivity contribution in [3.8, 4) is 0 Å². The molecule has 0 aromatic rings. The summed E-state index contributed by atoms with van der Waals surface area (Å²) < 4.78 is 5.31. The van der Waals surface area contributed by atoms with Crippen LogP contribution in [-0.4, -0.2) is 30.2 Å². The molecule has 0 heterocycles. The van der Waals surface area contributed by atoms with E-state index in [1.807, 2.05) is 13.8 Å². The van der Waals surface area contributed by atoms with E-state index in [0.717, 1.165) is 6.29 Å². The maximum Gasteiger partial charge on any atom is 0.120 e. The van der Waals surface area contributed by atoms with Crippen molar-refractivity contribution in [3.63, 3.8) is 0 Å². The molecular formula is C10H20O3. The molecule has 13 heavy (non-hydrogen) atoms. The third-order valence-corrected chi connectivity index (χ3v) is 1.58. The molecule has 0 aromatic heterocycles. The van der Waals surface area contributed by atoms with Gasteiger partial charge in [0.15, 0.2) is 0 Å². The van der Waals surface area contributed by atoms with Crippen molar-refractivity contribution in [3.05, 3.63) is 0 Å². The molecule has 0 rings (SSSR count). The SMILES string of the molecule is CC(C)(O)COCC(C)(C)CC=O. The molecule has 0 fully saturated rings. The van der Waals surface area contributed by atoms with Crippen molar-refractivity contribution in [2.75, 3.05) is 13.2 Å². The maximum absolute atomic E-state index is 10.3. The minimum atomic E-state index is -0.794. The summed E-state index contributed by atoms with van der Waals surface area (Å²) in [5.74, 6) is 0. The van der Waals surface area contributed by atoms with E-state index in [2.05, 4.69) is 0 Å². The maximum atomic E-state index is 10.3. The van der Waals surface area contributed by atoms with Crippen LogP contribution >= 0.6 is 0 Å². The fraction of sp³-hybridized carbons (Fsp3) is 0.900. The van der Waals surface area contributed by atoms with Crippen molar-refractivity contribution in [2.45, 2.75) is 39.7 Å². The Morgan fingerprint density at radius 2 is 1.77 bits per heavy atom. The summed E-state index contributed by atoms with van der Waals surface area (Å²) in [6.45, 7) is 8.11. The van der Waals surface area contributed by atoms with E-state index in [9.17, 15) is 9.90 Å². The molecule has 0 aliphatic rings. The molecule has 3 nitrogen and oxygen atoms in total. The topological polar surface area (TPSA) is 46.5 Å². The number of ether oxygens (including phenoxy) is 1. The molecule has 0 spiro atoms. The number of hydrogen-bond acceptors (Lipinski definition) is 3. The molecule has 0 aliphatic heterocycles. The molecule has 0 aliphatic carbocycles. The highest BCUT2D eigenvalue weighted by Gasteiger charge is 2.20. The standard InChI is InChI=1S/C10H20O3/c1-9(2,5-6-11)7-13-8-10(3,4)12/h6,12H,5,7-8H2,1-4H3. The smallest absolute Gasteiger partial charge is 0.120 e. The van der Waals surface area contributed by atoms with Gasteiger partial charge in [-0.15, -0.1) is 0 Å². The molecule has 0 saturated carbocycles. The molecule has 0 radical (unpaired) electrons. The van der Waals surface area contributed by atoms with Gasteiger partial charge in [0.1, 0.15) is 6.29 Å². The predicted octanol–water partition coefficient (Wildman–Crippen LogP) is 1.39. The van der Waals surface area contributed by atoms with E-state index in [0.29, 0.717) is 19.6 Å². The number of aldehydes is 1. The lowest BCUT2D eigenvalue weighted by atomic mass is 9.91. The lowest BCUT2D eigenvalue weighted by Gasteiger charge is -2.24. The summed E-state index contributed by atoms with van der Waals surface area (Å²) in [5.41, 5.74) is -0.926. The first-order valence-corrected chi connectivity index (χ1v) is 4.51. The molecule has 78 valence electrons. The van der Waals surface area contributed by atoms with Gasteiger partial charge in [0.25, 0.3) is 0 Å². The zero-order valence-corrected chi connectivity index (χ0v) is 8.96. The minimum Gasteiger partial charge on any atom is -0.388 e. The molecule has 0 saturated heterocycles. The fourth-order valence-corrected chi connectivity index (χ4v) is 0.862. The van der Waals surface area contributed by atoms with Gasteiger partial charge in [-0.05, 0) is 19.3 Å². The van der Waals surface area contributed by atoms with Gasteiger partial charge in [0.05, 0.1) is 18.8 Å². The van der Waals surface area contributed by atoms with E-state index in [1.54, 1.807) is 13.8 Å². The van der Waals surface area contributed by atoms with Crippen LogP contribution in [0, 0.1) is 5.41 Å². The number of aliphatic hydroxyl groups is 1. The summed E-state index contributed by atoms with van der Waals surface area (Å²) in [6, 6.07) is 0. The van der Waals surface area contributed by atoms with Crippen molar-refractivity contribution in [1.29, 1.82) is 0 Å². The number of hydrogen-bond donors (Lipinski definition) is 1. The minimum absolute atomic E-state index is 0.132. The lowest BCUT2D eigenvalue weighted by molar-refractivity contribution is -0.111. The number of carbonyl (C=O) groups excluding carboxylic acids is 1. The summed E-state index contributed by atoms with van der Waals surface area (Å²) >= 11 is 0. The van der Waals surface area contributed by atoms with Gasteiger partial charge in [0.2, 0.25) is 0 Å². The lowest BCUT2D eigenvalue weighted by Crippen LogP contribution is -2.29. The van der Waals surface area contributed by atoms with Crippen LogP contribution in [-0.2, 0) is 9.53 Å². The molecule has 0 bridgehead atoms. The molecule has 1 N–H and O–H groups in total. The largest absolute Gasteiger partial charge is 0.388 e. The summed E-state index contributed by atoms with van der Waals surface area (Å²) in [6.07, 6.45) is 1.38. The highest BCUT2D eigenvalue weighted by molar-refractivity contribution is 5.50. The fourth-order valence-electron chi connectivity index (χ4n) is 0.862. The Morgan fingerprint density at radius 3 is 2.15 bits per heavy atom. The van der Waals surface area contributed by atoms with Crippen LogP contribution in [0.15, 0.2) is 0 Å². The average Bonchev–Trinajstić information content (AvgIpc) is 1.82. The Morgan fingerprint density at radius 1 is 1.23 bits per heavy atom. The first kappa shape index (κ1) is 12.6. The molecule has 0 unspecified atom stereocenters. The zero-order valence-electron chi connectivity index (χ0n) is 8.96. The van der Waals surface area contributed by atoms with E-state index >= 15 is 0 Å². The van der Waals surface area contributed by atoms with Gasteiger partial charge >= 0.3 is 0 Å². The Hall–Kier alpha value is -0.410. The summed E-state index contributed by atoms with van der Waals surface area (Å²) in [5, 5.41) is 9.35. The third-order valence-electron chi connectivity index (χ3n) is 1.58. The van der Waals surface area contributed by atoms with Crippen LogP contribution in [0.4, 0.5) is 0 Å². The van der Waals surface area contributed by atoms with Gasteiger partial charge in [0, 0.05) is 6.42 Å². The quantitative estimate of drug-likeness (QED) is 0.641. The Bertz CT molecular complexity index is 156. The monoisotopic (exact) mass is 188 g/mol. The van der Waals surface area contributed by atoms with Crippen LogP contribution in [0.25, 0.3) is 0 Å². The summed E-state index contributed by atoms with van der Waals surface area (Å²) in [4.78, 5) is 10.3. The zero-order chi connectivity index (χ0) is 10.5. The first-order valence-electron chi connectivity index (χ1n) is 4.51. The summed E-state index contributed by atoms with van der Waals surface area (Å²) in [7, 11) is 0. The van der Waals surface area contributed by atoms with Gasteiger partial charge in [-0.25, -0.2) is 0 Å². The van der Waals surface area contributed by atoms with E-state index in [1.165, 1.54) is 0 Å². The second kappa shape index (κ2) is 4.72. The van der Waals surface area contributed by atoms with Crippen molar-refractivity contribution in [1.82, 2.24) is 0 Å². The molecule has 3 heteroatoms. The van der Waals surface area contributed by atoms with Gasteiger partial charge < -0.3 is 14.6 Å². The molecule has 0 atom stereocenters. The molecule has 0 amide bonds. The second-order valence-corrected chi connectivity index (χ2v) is 4.84. The van der Waals surface area contributed by atoms with Crippen molar-refractivity contribution < 1.29 is 14.6 Å². The van der Waals surface area contributed by atoms with Gasteiger partial charge in [-0.1, -0.05) is 13.8 Å². The van der Waals surface area contributed by atoms with E-state index in [4.69, 9.17) is 4.74 Å². The first-order chi connectivity index (χ1) is 5.77. The molecule has 0 aromatic carbocycles. The third kappa shape index (κ3) is 7.94. The van der Waals surface area contributed by atoms with Gasteiger partial charge in [-0.3, -0.25) is 0 Å². The number of carbonyl (C=O) groups is 1. The predicted molar refractivity (Wildman–Crippen MR) is 51.6 cm³/mol. The van der Waals surface area contributed by atoms with E-state index in [-0.39, 0.29) is 5.41 Å². The highest BCUT2D eigenvalue weighted by Crippen LogP contribution is 2.19. The Kier molecular flexibility index (Phi) is 4.57. The Balaban J connectivity index is 3.69. The normalized spacial score (nSPS) is 13.0. The average molecular weight is 188 g/mol. The van der Waals surface area contributed by atoms with Crippen LogP contribution in [0.3, 0.4) is 0 Å². The van der Waals surface area contributed by atoms with Crippen LogP contribution in [0.5, 0.6) is 0 Å². The van der Waals surface area contributed by atoms with E-state index < -0.39 is 5.60 Å². The van der Waals surface area contributed by atoms with Crippen LogP contribution in [0.2, 0.25) is 0 Å². The van der Waals surface area contributed by atoms with Crippen molar-refractivity contribution >= 4 is 6.29 Å². The Labute approximate surface area is 80.1 Å². The second-order valence-electron chi connectivity index (χ2n) is 4.84. The van der Waals surface area contributed by atoms with Crippen LogP contribution in [0.1, 0.15) is 34.1 Å². The number of rotatable bonds is 6. The van der Waals surface area contributed by atoms with Gasteiger partial charge in [-0.2, -0.15) is 0 Å². The van der Waals surface area contributed by atoms with Crippen LogP contribution < -0.4 is 0 Å². The van der Waals surface area contributed by atoms with Crippen molar-refractivity contribution in [2.24, 2.45) is 5.41 Å². The molecular weight excluding hydrogens is 168 g/mol. The highest BCUT2D eigenvalue weighted by atomic mass is 16.5.